The molecule has 1 heterocycles. The summed E-state index contributed by atoms with van der Waals surface area (Å²) in [6.07, 6.45) is 6.93. The Morgan fingerprint density at radius 1 is 1.25 bits per heavy atom. The average molecular weight is 494 g/mol. The summed E-state index contributed by atoms with van der Waals surface area (Å²) in [7, 11) is 1.53. The fourth-order valence-electron chi connectivity index (χ4n) is 3.90. The highest BCUT2D eigenvalue weighted by Gasteiger charge is 2.30. The van der Waals surface area contributed by atoms with E-state index in [1.165, 1.54) is 7.11 Å². The predicted octanol–water partition coefficient (Wildman–Crippen LogP) is 4.67. The van der Waals surface area contributed by atoms with Gasteiger partial charge in [0.2, 0.25) is 5.91 Å². The van der Waals surface area contributed by atoms with E-state index in [1.54, 1.807) is 36.1 Å². The molecule has 1 aliphatic heterocycles. The first kappa shape index (κ1) is 28.6. The molecule has 0 radical (unpaired) electrons. The summed E-state index contributed by atoms with van der Waals surface area (Å²) < 4.78 is 5.49. The SMILES string of the molecule is C=C(/C=C\C=C(/C)C(=N)N(C=N)C(C)C)NC(=O)c1cc2c(cc1OC)CCN(C(=O)C(C)(C)C)C2. The number of hydrogen-bond acceptors (Lipinski definition) is 5. The number of fused-ring (bicyclic) bond motifs is 1. The van der Waals surface area contributed by atoms with Crippen LogP contribution in [-0.4, -0.2) is 53.5 Å². The molecule has 1 aliphatic rings. The summed E-state index contributed by atoms with van der Waals surface area (Å²) in [5, 5.41) is 18.5. The van der Waals surface area contributed by atoms with Gasteiger partial charge in [0, 0.05) is 30.2 Å². The molecule has 8 nitrogen and oxygen atoms in total. The second kappa shape index (κ2) is 11.8. The van der Waals surface area contributed by atoms with Crippen molar-refractivity contribution in [3.05, 3.63) is 64.9 Å². The van der Waals surface area contributed by atoms with E-state index in [2.05, 4.69) is 11.9 Å². The van der Waals surface area contributed by atoms with Gasteiger partial charge in [-0.1, -0.05) is 39.5 Å². The molecule has 0 saturated heterocycles. The zero-order valence-corrected chi connectivity index (χ0v) is 22.5. The zero-order valence-electron chi connectivity index (χ0n) is 22.5. The Hall–Kier alpha value is -3.68. The van der Waals surface area contributed by atoms with Crippen molar-refractivity contribution >= 4 is 24.0 Å². The van der Waals surface area contributed by atoms with Crippen LogP contribution in [0.2, 0.25) is 0 Å². The summed E-state index contributed by atoms with van der Waals surface area (Å²) in [6.45, 7) is 16.3. The lowest BCUT2D eigenvalue weighted by molar-refractivity contribution is -0.140. The summed E-state index contributed by atoms with van der Waals surface area (Å²) in [5.74, 6) is 0.439. The minimum atomic E-state index is -0.466. The molecule has 0 atom stereocenters. The van der Waals surface area contributed by atoms with Crippen LogP contribution in [0.3, 0.4) is 0 Å². The number of hydrogen-bond donors (Lipinski definition) is 3. The normalized spacial score (nSPS) is 13.9. The average Bonchev–Trinajstić information content (AvgIpc) is 2.81. The molecular formula is C28H39N5O3. The minimum Gasteiger partial charge on any atom is -0.496 e. The fraction of sp³-hybridized carbons (Fsp3) is 0.429. The molecule has 1 aromatic carbocycles. The van der Waals surface area contributed by atoms with Gasteiger partial charge < -0.3 is 19.9 Å². The quantitative estimate of drug-likeness (QED) is 0.278. The third kappa shape index (κ3) is 6.93. The number of allylic oxidation sites excluding steroid dienone is 3. The lowest BCUT2D eigenvalue weighted by atomic mass is 9.91. The van der Waals surface area contributed by atoms with Crippen LogP contribution in [0.15, 0.2) is 48.2 Å². The summed E-state index contributed by atoms with van der Waals surface area (Å²) in [4.78, 5) is 29.2. The topological polar surface area (TPSA) is 110 Å². The second-order valence-electron chi connectivity index (χ2n) is 10.2. The molecule has 0 spiro atoms. The molecule has 2 amide bonds. The van der Waals surface area contributed by atoms with Crippen LogP contribution >= 0.6 is 0 Å². The summed E-state index contributed by atoms with van der Waals surface area (Å²) in [5.41, 5.74) is 2.97. The summed E-state index contributed by atoms with van der Waals surface area (Å²) in [6, 6.07) is 3.68. The van der Waals surface area contributed by atoms with E-state index in [4.69, 9.17) is 15.6 Å². The van der Waals surface area contributed by atoms with Crippen molar-refractivity contribution in [2.45, 2.75) is 60.5 Å². The number of ether oxygens (including phenoxy) is 1. The molecule has 36 heavy (non-hydrogen) atoms. The van der Waals surface area contributed by atoms with Gasteiger partial charge in [0.1, 0.15) is 11.6 Å². The first-order valence-electron chi connectivity index (χ1n) is 12.0. The molecule has 0 saturated carbocycles. The third-order valence-electron chi connectivity index (χ3n) is 5.95. The predicted molar refractivity (Wildman–Crippen MR) is 145 cm³/mol. The Morgan fingerprint density at radius 2 is 1.92 bits per heavy atom. The van der Waals surface area contributed by atoms with E-state index in [1.807, 2.05) is 45.6 Å². The number of carbonyl (C=O) groups is 2. The number of nitrogens with one attached hydrogen (secondary N) is 3. The zero-order chi connectivity index (χ0) is 27.2. The minimum absolute atomic E-state index is 0.00171. The number of amidine groups is 1. The van der Waals surface area contributed by atoms with E-state index >= 15 is 0 Å². The van der Waals surface area contributed by atoms with Crippen molar-refractivity contribution in [3.63, 3.8) is 0 Å². The van der Waals surface area contributed by atoms with Gasteiger partial charge >= 0.3 is 0 Å². The van der Waals surface area contributed by atoms with Crippen molar-refractivity contribution in [1.82, 2.24) is 15.1 Å². The number of benzene rings is 1. The highest BCUT2D eigenvalue weighted by molar-refractivity contribution is 6.01. The van der Waals surface area contributed by atoms with Crippen LogP contribution < -0.4 is 10.1 Å². The van der Waals surface area contributed by atoms with Crippen LogP contribution in [0.4, 0.5) is 0 Å². The highest BCUT2D eigenvalue weighted by atomic mass is 16.5. The van der Waals surface area contributed by atoms with Crippen LogP contribution in [0.5, 0.6) is 5.75 Å². The van der Waals surface area contributed by atoms with Crippen LogP contribution in [0.25, 0.3) is 0 Å². The van der Waals surface area contributed by atoms with Gasteiger partial charge in [-0.3, -0.25) is 20.4 Å². The van der Waals surface area contributed by atoms with E-state index in [9.17, 15) is 9.59 Å². The molecule has 0 bridgehead atoms. The molecule has 8 heteroatoms. The Balaban J connectivity index is 2.16. The van der Waals surface area contributed by atoms with Crippen molar-refractivity contribution in [2.75, 3.05) is 13.7 Å². The first-order valence-corrected chi connectivity index (χ1v) is 12.0. The molecule has 3 N–H and O–H groups in total. The van der Waals surface area contributed by atoms with Crippen LogP contribution in [0.1, 0.15) is 63.0 Å². The molecule has 0 unspecified atom stereocenters. The van der Waals surface area contributed by atoms with E-state index < -0.39 is 5.41 Å². The van der Waals surface area contributed by atoms with E-state index in [0.29, 0.717) is 42.1 Å². The second-order valence-corrected chi connectivity index (χ2v) is 10.2. The van der Waals surface area contributed by atoms with E-state index in [0.717, 1.165) is 17.5 Å². The summed E-state index contributed by atoms with van der Waals surface area (Å²) >= 11 is 0. The number of amides is 2. The molecular weight excluding hydrogens is 454 g/mol. The maximum absolute atomic E-state index is 13.1. The number of methoxy groups -OCH3 is 1. The van der Waals surface area contributed by atoms with Gasteiger partial charge in [0.25, 0.3) is 5.91 Å². The van der Waals surface area contributed by atoms with E-state index in [-0.39, 0.29) is 23.7 Å². The standard InChI is InChI=1S/C28H39N5O3/c1-18(2)33(17-29)25(30)19(3)10-9-11-20(4)31-26(34)23-14-22-16-32(27(35)28(5,6)7)13-12-21(22)15-24(23)36-8/h9-11,14-15,17-18,29-30H,4,12-13,16H2,1-3,5-8H3,(H,31,34)/b11-9-,19-10+,29-17?,30-25?. The van der Waals surface area contributed by atoms with Gasteiger partial charge in [-0.05, 0) is 62.1 Å². The van der Waals surface area contributed by atoms with Crippen molar-refractivity contribution in [3.8, 4) is 5.75 Å². The van der Waals surface area contributed by atoms with Crippen LogP contribution in [0, 0.1) is 16.2 Å². The fourth-order valence-corrected chi connectivity index (χ4v) is 3.90. The molecule has 0 aromatic heterocycles. The van der Waals surface area contributed by atoms with Gasteiger partial charge in [0.15, 0.2) is 0 Å². The van der Waals surface area contributed by atoms with Crippen LogP contribution in [-0.2, 0) is 17.8 Å². The Morgan fingerprint density at radius 3 is 2.47 bits per heavy atom. The largest absolute Gasteiger partial charge is 0.496 e. The molecule has 1 aromatic rings. The third-order valence-corrected chi connectivity index (χ3v) is 5.95. The van der Waals surface area contributed by atoms with Gasteiger partial charge in [0.05, 0.1) is 19.0 Å². The molecule has 194 valence electrons. The monoisotopic (exact) mass is 493 g/mol. The maximum atomic E-state index is 13.1. The lowest BCUT2D eigenvalue weighted by Gasteiger charge is -2.34. The van der Waals surface area contributed by atoms with Crippen molar-refractivity contribution in [2.24, 2.45) is 5.41 Å². The van der Waals surface area contributed by atoms with Gasteiger partial charge in [-0.25, -0.2) is 0 Å². The maximum Gasteiger partial charge on any atom is 0.259 e. The molecule has 0 fully saturated rings. The number of rotatable bonds is 8. The lowest BCUT2D eigenvalue weighted by Crippen LogP contribution is -2.42. The van der Waals surface area contributed by atoms with Crippen molar-refractivity contribution < 1.29 is 14.3 Å². The molecule has 0 aliphatic carbocycles. The smallest absolute Gasteiger partial charge is 0.259 e. The van der Waals surface area contributed by atoms with Crippen molar-refractivity contribution in [1.29, 1.82) is 10.8 Å². The highest BCUT2D eigenvalue weighted by Crippen LogP contribution is 2.30. The van der Waals surface area contributed by atoms with Gasteiger partial charge in [-0.2, -0.15) is 0 Å². The Labute approximate surface area is 214 Å². The Bertz CT molecular complexity index is 1110. The Kier molecular flexibility index (Phi) is 9.39. The number of nitrogens with zero attached hydrogens (tertiary/aromatic N) is 2. The van der Waals surface area contributed by atoms with Gasteiger partial charge in [-0.15, -0.1) is 0 Å². The number of carbonyl (C=O) groups excluding carboxylic acids is 2. The first-order chi connectivity index (χ1) is 16.8. The molecule has 2 rings (SSSR count).